The van der Waals surface area contributed by atoms with E-state index >= 15 is 0 Å². The van der Waals surface area contributed by atoms with Crippen LogP contribution in [-0.2, 0) is 0 Å². The van der Waals surface area contributed by atoms with Crippen LogP contribution in [0.15, 0.2) is 46.3 Å². The Hall–Kier alpha value is -0.680. The quantitative estimate of drug-likeness (QED) is 0.852. The van der Waals surface area contributed by atoms with Crippen molar-refractivity contribution in [1.82, 2.24) is 4.90 Å². The summed E-state index contributed by atoms with van der Waals surface area (Å²) < 4.78 is 1.12. The molecule has 0 saturated heterocycles. The first-order chi connectivity index (χ1) is 9.52. The fraction of sp³-hybridized carbons (Fsp3) is 0.375. The first-order valence-electron chi connectivity index (χ1n) is 6.77. The van der Waals surface area contributed by atoms with Crippen LogP contribution in [0, 0.1) is 0 Å². The lowest BCUT2D eigenvalue weighted by Gasteiger charge is -2.36. The summed E-state index contributed by atoms with van der Waals surface area (Å²) in [7, 11) is 2.15. The van der Waals surface area contributed by atoms with Gasteiger partial charge in [0.2, 0.25) is 0 Å². The minimum absolute atomic E-state index is 0.0566. The smallest absolute Gasteiger partial charge is 0.0510 e. The molecule has 2 N–H and O–H groups in total. The number of likely N-dealkylation sites (N-methyl/N-ethyl adjacent to an activating group) is 1. The number of hydrogen-bond donors (Lipinski definition) is 1. The second-order valence-corrected chi connectivity index (χ2v) is 7.02. The van der Waals surface area contributed by atoms with Crippen molar-refractivity contribution in [3.63, 3.8) is 0 Å². The van der Waals surface area contributed by atoms with Crippen molar-refractivity contribution in [3.05, 3.63) is 56.7 Å². The van der Waals surface area contributed by atoms with Crippen LogP contribution in [0.5, 0.6) is 0 Å². The number of rotatable bonds is 5. The lowest BCUT2D eigenvalue weighted by Crippen LogP contribution is -2.38. The SMILES string of the molecule is CC(N)C(c1ccccc1Br)N(C)C(C)c1cccs1. The van der Waals surface area contributed by atoms with Crippen LogP contribution in [0.2, 0.25) is 0 Å². The Morgan fingerprint density at radius 3 is 2.40 bits per heavy atom. The van der Waals surface area contributed by atoms with E-state index in [9.17, 15) is 0 Å². The van der Waals surface area contributed by atoms with Crippen molar-refractivity contribution in [2.24, 2.45) is 5.73 Å². The van der Waals surface area contributed by atoms with Crippen LogP contribution < -0.4 is 5.73 Å². The topological polar surface area (TPSA) is 29.3 Å². The second kappa shape index (κ2) is 6.85. The van der Waals surface area contributed by atoms with Gasteiger partial charge in [-0.25, -0.2) is 0 Å². The molecule has 0 aliphatic heterocycles. The highest BCUT2D eigenvalue weighted by molar-refractivity contribution is 9.10. The van der Waals surface area contributed by atoms with E-state index in [1.807, 2.05) is 6.07 Å². The van der Waals surface area contributed by atoms with Gasteiger partial charge in [-0.15, -0.1) is 11.3 Å². The summed E-state index contributed by atoms with van der Waals surface area (Å²) in [6.45, 7) is 4.31. The molecule has 0 aliphatic rings. The van der Waals surface area contributed by atoms with Crippen molar-refractivity contribution in [1.29, 1.82) is 0 Å². The zero-order chi connectivity index (χ0) is 14.7. The molecule has 2 aromatic rings. The van der Waals surface area contributed by atoms with Crippen LogP contribution >= 0.6 is 27.3 Å². The van der Waals surface area contributed by atoms with E-state index in [1.165, 1.54) is 10.4 Å². The first kappa shape index (κ1) is 15.7. The van der Waals surface area contributed by atoms with Crippen LogP contribution in [0.3, 0.4) is 0 Å². The summed E-state index contributed by atoms with van der Waals surface area (Å²) in [6.07, 6.45) is 0. The molecule has 108 valence electrons. The van der Waals surface area contributed by atoms with Crippen LogP contribution in [-0.4, -0.2) is 18.0 Å². The Labute approximate surface area is 133 Å². The predicted molar refractivity (Wildman–Crippen MR) is 91.0 cm³/mol. The Kier molecular flexibility index (Phi) is 5.38. The van der Waals surface area contributed by atoms with Crippen molar-refractivity contribution < 1.29 is 0 Å². The van der Waals surface area contributed by atoms with Crippen LogP contribution in [0.25, 0.3) is 0 Å². The number of halogens is 1. The van der Waals surface area contributed by atoms with E-state index in [-0.39, 0.29) is 12.1 Å². The number of nitrogens with zero attached hydrogens (tertiary/aromatic N) is 1. The van der Waals surface area contributed by atoms with Gasteiger partial charge in [0.15, 0.2) is 0 Å². The van der Waals surface area contributed by atoms with Gasteiger partial charge in [0.1, 0.15) is 0 Å². The molecule has 4 heteroatoms. The second-order valence-electron chi connectivity index (χ2n) is 5.18. The summed E-state index contributed by atoms with van der Waals surface area (Å²) >= 11 is 5.45. The molecule has 2 nitrogen and oxygen atoms in total. The molecule has 0 fully saturated rings. The highest BCUT2D eigenvalue weighted by Crippen LogP contribution is 2.35. The lowest BCUT2D eigenvalue weighted by molar-refractivity contribution is 0.167. The number of nitrogens with two attached hydrogens (primary N) is 1. The van der Waals surface area contributed by atoms with Gasteiger partial charge in [-0.3, -0.25) is 4.90 Å². The largest absolute Gasteiger partial charge is 0.326 e. The average molecular weight is 353 g/mol. The van der Waals surface area contributed by atoms with Gasteiger partial charge in [-0.05, 0) is 44.0 Å². The zero-order valence-electron chi connectivity index (χ0n) is 12.1. The van der Waals surface area contributed by atoms with Crippen LogP contribution in [0.1, 0.15) is 36.4 Å². The van der Waals surface area contributed by atoms with Gasteiger partial charge in [0.25, 0.3) is 0 Å². The number of thiophene rings is 1. The van der Waals surface area contributed by atoms with Crippen molar-refractivity contribution in [2.75, 3.05) is 7.05 Å². The molecule has 20 heavy (non-hydrogen) atoms. The number of hydrogen-bond acceptors (Lipinski definition) is 3. The molecule has 1 aromatic heterocycles. The van der Waals surface area contributed by atoms with Crippen molar-refractivity contribution in [2.45, 2.75) is 32.0 Å². The number of benzene rings is 1. The molecule has 0 radical (unpaired) electrons. The fourth-order valence-electron chi connectivity index (χ4n) is 2.56. The summed E-state index contributed by atoms with van der Waals surface area (Å²) in [5.74, 6) is 0. The van der Waals surface area contributed by atoms with Crippen molar-refractivity contribution in [3.8, 4) is 0 Å². The Balaban J connectivity index is 2.32. The first-order valence-corrected chi connectivity index (χ1v) is 8.45. The van der Waals surface area contributed by atoms with Gasteiger partial charge in [-0.1, -0.05) is 40.2 Å². The molecule has 2 rings (SSSR count). The molecule has 0 spiro atoms. The molecular formula is C16H21BrN2S. The van der Waals surface area contributed by atoms with Gasteiger partial charge in [0, 0.05) is 21.4 Å². The summed E-state index contributed by atoms with van der Waals surface area (Å²) in [5, 5.41) is 2.12. The maximum absolute atomic E-state index is 6.27. The highest BCUT2D eigenvalue weighted by Gasteiger charge is 2.27. The Morgan fingerprint density at radius 2 is 1.85 bits per heavy atom. The third-order valence-corrected chi connectivity index (χ3v) is 5.49. The molecule has 3 unspecified atom stereocenters. The van der Waals surface area contributed by atoms with E-state index in [0.29, 0.717) is 6.04 Å². The third-order valence-electron chi connectivity index (χ3n) is 3.73. The molecular weight excluding hydrogens is 332 g/mol. The maximum atomic E-state index is 6.27. The molecule has 1 aromatic carbocycles. The average Bonchev–Trinajstić information content (AvgIpc) is 2.93. The monoisotopic (exact) mass is 352 g/mol. The molecule has 1 heterocycles. The summed E-state index contributed by atoms with van der Waals surface area (Å²) in [4.78, 5) is 3.72. The van der Waals surface area contributed by atoms with Gasteiger partial charge < -0.3 is 5.73 Å². The van der Waals surface area contributed by atoms with E-state index in [0.717, 1.165) is 4.47 Å². The fourth-order valence-corrected chi connectivity index (χ4v) is 3.91. The van der Waals surface area contributed by atoms with E-state index in [4.69, 9.17) is 5.73 Å². The molecule has 0 bridgehead atoms. The van der Waals surface area contributed by atoms with Gasteiger partial charge in [-0.2, -0.15) is 0 Å². The standard InChI is InChI=1S/C16H21BrN2S/c1-11(18)16(13-7-4-5-8-14(13)17)19(3)12(2)15-9-6-10-20-15/h4-12,16H,18H2,1-3H3. The summed E-state index contributed by atoms with van der Waals surface area (Å²) in [5.41, 5.74) is 7.51. The van der Waals surface area contributed by atoms with E-state index in [1.54, 1.807) is 11.3 Å². The highest BCUT2D eigenvalue weighted by atomic mass is 79.9. The van der Waals surface area contributed by atoms with Crippen LogP contribution in [0.4, 0.5) is 0 Å². The zero-order valence-corrected chi connectivity index (χ0v) is 14.5. The molecule has 0 amide bonds. The normalized spacial score (nSPS) is 16.1. The van der Waals surface area contributed by atoms with Gasteiger partial charge in [0.05, 0.1) is 6.04 Å². The molecule has 0 aliphatic carbocycles. The third kappa shape index (κ3) is 3.31. The molecule has 3 atom stereocenters. The molecule has 0 saturated carbocycles. The lowest BCUT2D eigenvalue weighted by atomic mass is 9.98. The maximum Gasteiger partial charge on any atom is 0.0510 e. The minimum atomic E-state index is 0.0566. The van der Waals surface area contributed by atoms with E-state index < -0.39 is 0 Å². The summed E-state index contributed by atoms with van der Waals surface area (Å²) in [6, 6.07) is 13.2. The Morgan fingerprint density at radius 1 is 1.15 bits per heavy atom. The van der Waals surface area contributed by atoms with E-state index in [2.05, 4.69) is 77.4 Å². The minimum Gasteiger partial charge on any atom is -0.326 e. The predicted octanol–water partition coefficient (Wildman–Crippen LogP) is 4.59. The van der Waals surface area contributed by atoms with Crippen molar-refractivity contribution >= 4 is 27.3 Å². The Bertz CT molecular complexity index is 539. The van der Waals surface area contributed by atoms with Gasteiger partial charge >= 0.3 is 0 Å².